The molecule has 1 atom stereocenters. The first-order chi connectivity index (χ1) is 11.5. The molecule has 0 spiro atoms. The lowest BCUT2D eigenvalue weighted by Gasteiger charge is -2.29. The minimum Gasteiger partial charge on any atom is -0.494 e. The summed E-state index contributed by atoms with van der Waals surface area (Å²) >= 11 is 0. The molecular weight excluding hydrogens is 304 g/mol. The van der Waals surface area contributed by atoms with Crippen LogP contribution < -0.4 is 10.1 Å². The molecule has 1 N–H and O–H groups in total. The minimum absolute atomic E-state index is 0.218. The van der Waals surface area contributed by atoms with Crippen LogP contribution in [0.2, 0.25) is 0 Å². The highest BCUT2D eigenvalue weighted by Crippen LogP contribution is 2.25. The fourth-order valence-corrected chi connectivity index (χ4v) is 2.33. The van der Waals surface area contributed by atoms with Gasteiger partial charge in [0.25, 0.3) is 5.91 Å². The molecule has 0 aliphatic heterocycles. The number of carbonyl (C=O) groups excluding carboxylic acids is 1. The van der Waals surface area contributed by atoms with Crippen LogP contribution in [0.3, 0.4) is 0 Å². The first kappa shape index (κ1) is 20.0. The van der Waals surface area contributed by atoms with E-state index in [0.717, 1.165) is 19.3 Å². The normalized spacial score (nSPS) is 13.0. The molecule has 0 aromatic heterocycles. The zero-order chi connectivity index (χ0) is 18.0. The van der Waals surface area contributed by atoms with E-state index in [1.807, 2.05) is 20.8 Å². The van der Waals surface area contributed by atoms with Gasteiger partial charge in [-0.25, -0.2) is 0 Å². The van der Waals surface area contributed by atoms with E-state index in [9.17, 15) is 10.1 Å². The average Bonchev–Trinajstić information content (AvgIpc) is 2.59. The largest absolute Gasteiger partial charge is 0.494 e. The Balaban J connectivity index is 2.95. The summed E-state index contributed by atoms with van der Waals surface area (Å²) in [6, 6.07) is 7.18. The summed E-state index contributed by atoms with van der Waals surface area (Å²) in [4.78, 5) is 12.7. The van der Waals surface area contributed by atoms with Gasteiger partial charge in [0.15, 0.2) is 0 Å². The molecule has 0 saturated heterocycles. The molecule has 1 aromatic rings. The molecule has 0 unspecified atom stereocenters. The number of amides is 1. The number of anilines is 1. The van der Waals surface area contributed by atoms with E-state index in [1.54, 1.807) is 18.2 Å². The zero-order valence-corrected chi connectivity index (χ0v) is 15.1. The van der Waals surface area contributed by atoms with E-state index < -0.39 is 5.60 Å². The molecular formula is C19H28N2O3. The topological polar surface area (TPSA) is 71.3 Å². The maximum Gasteiger partial charge on any atom is 0.256 e. The predicted molar refractivity (Wildman–Crippen MR) is 95.1 cm³/mol. The molecule has 1 amide bonds. The van der Waals surface area contributed by atoms with Gasteiger partial charge in [-0.3, -0.25) is 4.79 Å². The van der Waals surface area contributed by atoms with Crippen molar-refractivity contribution in [1.82, 2.24) is 0 Å². The Morgan fingerprint density at radius 2 is 2.04 bits per heavy atom. The van der Waals surface area contributed by atoms with E-state index in [0.29, 0.717) is 36.6 Å². The third-order valence-corrected chi connectivity index (χ3v) is 3.78. The van der Waals surface area contributed by atoms with Crippen molar-refractivity contribution in [2.24, 2.45) is 0 Å². The van der Waals surface area contributed by atoms with Gasteiger partial charge in [-0.1, -0.05) is 26.7 Å². The number of benzene rings is 1. The summed E-state index contributed by atoms with van der Waals surface area (Å²) < 4.78 is 11.2. The van der Waals surface area contributed by atoms with Gasteiger partial charge in [-0.05, 0) is 44.9 Å². The molecule has 0 saturated carbocycles. The number of unbranched alkanes of at least 4 members (excludes halogenated alkanes) is 1. The monoisotopic (exact) mass is 332 g/mol. The quantitative estimate of drug-likeness (QED) is 0.694. The Kier molecular flexibility index (Phi) is 8.28. The highest BCUT2D eigenvalue weighted by atomic mass is 16.5. The minimum atomic E-state index is -0.892. The van der Waals surface area contributed by atoms with Crippen LogP contribution in [0.1, 0.15) is 58.9 Å². The van der Waals surface area contributed by atoms with Gasteiger partial charge in [-0.15, -0.1) is 0 Å². The van der Waals surface area contributed by atoms with Crippen LogP contribution in [0, 0.1) is 11.3 Å². The van der Waals surface area contributed by atoms with E-state index in [1.165, 1.54) is 0 Å². The van der Waals surface area contributed by atoms with Crippen LogP contribution in [0.25, 0.3) is 0 Å². The van der Waals surface area contributed by atoms with Crippen molar-refractivity contribution in [1.29, 1.82) is 5.26 Å². The Morgan fingerprint density at radius 1 is 1.29 bits per heavy atom. The van der Waals surface area contributed by atoms with E-state index in [2.05, 4.69) is 18.3 Å². The Morgan fingerprint density at radius 3 is 2.62 bits per heavy atom. The number of ether oxygens (including phenoxy) is 2. The van der Waals surface area contributed by atoms with Crippen LogP contribution in [-0.4, -0.2) is 24.7 Å². The average molecular weight is 332 g/mol. The smallest absolute Gasteiger partial charge is 0.256 e. The second kappa shape index (κ2) is 9.94. The van der Waals surface area contributed by atoms with Gasteiger partial charge in [-0.2, -0.15) is 5.26 Å². The lowest BCUT2D eigenvalue weighted by atomic mass is 9.97. The van der Waals surface area contributed by atoms with Crippen molar-refractivity contribution >= 4 is 11.6 Å². The van der Waals surface area contributed by atoms with Crippen molar-refractivity contribution in [2.45, 2.75) is 59.0 Å². The number of nitrogens with zero attached hydrogens (tertiary/aromatic N) is 1. The van der Waals surface area contributed by atoms with Crippen molar-refractivity contribution in [3.63, 3.8) is 0 Å². The first-order valence-corrected chi connectivity index (χ1v) is 8.63. The Labute approximate surface area is 145 Å². The Bertz CT molecular complexity index is 570. The SMILES string of the molecule is CCCC[C@@](C)(OCCC)C(=O)Nc1ccc(OCC)cc1C#N. The number of hydrogen-bond donors (Lipinski definition) is 1. The molecule has 1 aromatic carbocycles. The van der Waals surface area contributed by atoms with Crippen molar-refractivity contribution in [3.8, 4) is 11.8 Å². The number of hydrogen-bond acceptors (Lipinski definition) is 4. The third-order valence-electron chi connectivity index (χ3n) is 3.78. The first-order valence-electron chi connectivity index (χ1n) is 8.63. The molecule has 5 nitrogen and oxygen atoms in total. The molecule has 0 aliphatic rings. The molecule has 0 fully saturated rings. The van der Waals surface area contributed by atoms with Gasteiger partial charge in [0.1, 0.15) is 17.4 Å². The maximum absolute atomic E-state index is 12.7. The van der Waals surface area contributed by atoms with Crippen molar-refractivity contribution in [2.75, 3.05) is 18.5 Å². The number of nitrogens with one attached hydrogen (secondary N) is 1. The molecule has 0 radical (unpaired) electrons. The van der Waals surface area contributed by atoms with Crippen LogP contribution in [0.4, 0.5) is 5.69 Å². The van der Waals surface area contributed by atoms with E-state index in [-0.39, 0.29) is 5.91 Å². The number of nitriles is 1. The second-order valence-electron chi connectivity index (χ2n) is 5.89. The van der Waals surface area contributed by atoms with Gasteiger partial charge in [0.2, 0.25) is 0 Å². The van der Waals surface area contributed by atoms with Gasteiger partial charge >= 0.3 is 0 Å². The van der Waals surface area contributed by atoms with Crippen LogP contribution in [0.5, 0.6) is 5.75 Å². The number of carbonyl (C=O) groups is 1. The van der Waals surface area contributed by atoms with Gasteiger partial charge < -0.3 is 14.8 Å². The Hall–Kier alpha value is -2.06. The third kappa shape index (κ3) is 5.54. The fraction of sp³-hybridized carbons (Fsp3) is 0.579. The molecule has 0 aliphatic carbocycles. The maximum atomic E-state index is 12.7. The van der Waals surface area contributed by atoms with Crippen LogP contribution in [-0.2, 0) is 9.53 Å². The lowest BCUT2D eigenvalue weighted by molar-refractivity contribution is -0.140. The van der Waals surface area contributed by atoms with Crippen molar-refractivity contribution < 1.29 is 14.3 Å². The fourth-order valence-electron chi connectivity index (χ4n) is 2.33. The molecule has 132 valence electrons. The molecule has 1 rings (SSSR count). The summed E-state index contributed by atoms with van der Waals surface area (Å²) in [5.41, 5.74) is -0.0337. The second-order valence-corrected chi connectivity index (χ2v) is 5.89. The van der Waals surface area contributed by atoms with Crippen LogP contribution >= 0.6 is 0 Å². The van der Waals surface area contributed by atoms with Gasteiger partial charge in [0.05, 0.1) is 17.9 Å². The molecule has 24 heavy (non-hydrogen) atoms. The van der Waals surface area contributed by atoms with Gasteiger partial charge in [0, 0.05) is 6.61 Å². The molecule has 0 heterocycles. The standard InChI is InChI=1S/C19H28N2O3/c1-5-8-11-19(4,24-12-6-2)18(22)21-17-10-9-16(23-7-3)13-15(17)14-20/h9-10,13H,5-8,11-12H2,1-4H3,(H,21,22)/t19-/m1/s1. The summed E-state index contributed by atoms with van der Waals surface area (Å²) in [7, 11) is 0. The highest BCUT2D eigenvalue weighted by molar-refractivity contribution is 5.98. The lowest BCUT2D eigenvalue weighted by Crippen LogP contribution is -2.43. The summed E-state index contributed by atoms with van der Waals surface area (Å²) in [6.45, 7) is 8.84. The summed E-state index contributed by atoms with van der Waals surface area (Å²) in [5.74, 6) is 0.396. The number of rotatable bonds is 10. The molecule has 0 bridgehead atoms. The van der Waals surface area contributed by atoms with Crippen molar-refractivity contribution in [3.05, 3.63) is 23.8 Å². The molecule has 5 heteroatoms. The zero-order valence-electron chi connectivity index (χ0n) is 15.1. The van der Waals surface area contributed by atoms with Crippen LogP contribution in [0.15, 0.2) is 18.2 Å². The summed E-state index contributed by atoms with van der Waals surface area (Å²) in [6.07, 6.45) is 3.39. The predicted octanol–water partition coefficient (Wildman–Crippen LogP) is 4.27. The van der Waals surface area contributed by atoms with E-state index >= 15 is 0 Å². The highest BCUT2D eigenvalue weighted by Gasteiger charge is 2.33. The van der Waals surface area contributed by atoms with E-state index in [4.69, 9.17) is 9.47 Å². The summed E-state index contributed by atoms with van der Waals surface area (Å²) in [5, 5.41) is 12.2.